The molecule has 170 valence electrons. The molecule has 4 heterocycles. The molecular weight excluding hydrogens is 420 g/mol. The van der Waals surface area contributed by atoms with Crippen LogP contribution in [0.4, 0.5) is 5.82 Å². The number of halogens is 1. The minimum Gasteiger partial charge on any atom is -0.350 e. The van der Waals surface area contributed by atoms with Gasteiger partial charge in [0.05, 0.1) is 5.52 Å². The van der Waals surface area contributed by atoms with E-state index >= 15 is 0 Å². The van der Waals surface area contributed by atoms with E-state index in [0.29, 0.717) is 5.69 Å². The highest BCUT2D eigenvalue weighted by Crippen LogP contribution is 2.35. The number of anilines is 1. The number of piperidine rings is 1. The molecule has 0 atom stereocenters. The Kier molecular flexibility index (Phi) is 6.47. The smallest absolute Gasteiger partial charge is 0.272 e. The lowest BCUT2D eigenvalue weighted by atomic mass is 9.99. The van der Waals surface area contributed by atoms with Crippen LogP contribution in [0.2, 0.25) is 0 Å². The van der Waals surface area contributed by atoms with Gasteiger partial charge in [0.25, 0.3) is 5.91 Å². The molecule has 3 aromatic rings. The summed E-state index contributed by atoms with van der Waals surface area (Å²) in [5.41, 5.74) is 7.08. The predicted octanol–water partition coefficient (Wildman–Crippen LogP) is 5.28. The summed E-state index contributed by atoms with van der Waals surface area (Å²) in [6.45, 7) is 10.9. The van der Waals surface area contributed by atoms with Crippen LogP contribution in [0.15, 0.2) is 30.3 Å². The van der Waals surface area contributed by atoms with Crippen LogP contribution in [0.1, 0.15) is 59.1 Å². The van der Waals surface area contributed by atoms with Crippen LogP contribution in [0.3, 0.4) is 0 Å². The number of carbonyl (C=O) groups excluding carboxylic acids is 1. The maximum Gasteiger partial charge on any atom is 0.272 e. The molecule has 2 aromatic heterocycles. The topological polar surface area (TPSA) is 41.4 Å². The molecule has 1 aromatic carbocycles. The fourth-order valence-electron chi connectivity index (χ4n) is 5.30. The van der Waals surface area contributed by atoms with Crippen LogP contribution in [0.25, 0.3) is 10.9 Å². The van der Waals surface area contributed by atoms with Gasteiger partial charge in [-0.25, -0.2) is 4.98 Å². The van der Waals surface area contributed by atoms with Gasteiger partial charge in [0, 0.05) is 43.8 Å². The van der Waals surface area contributed by atoms with Crippen molar-refractivity contribution in [3.63, 3.8) is 0 Å². The second-order valence-corrected chi connectivity index (χ2v) is 8.98. The van der Waals surface area contributed by atoms with Crippen molar-refractivity contribution in [1.29, 1.82) is 0 Å². The molecule has 0 aliphatic carbocycles. The number of hydrogen-bond donors (Lipinski definition) is 0. The number of rotatable bonds is 3. The molecule has 0 radical (unpaired) electrons. The number of likely N-dealkylation sites (tertiary alicyclic amines) is 1. The molecule has 1 fully saturated rings. The summed E-state index contributed by atoms with van der Waals surface area (Å²) in [5.74, 6) is 1.05. The molecule has 0 bridgehead atoms. The summed E-state index contributed by atoms with van der Waals surface area (Å²) < 4.78 is 2.36. The van der Waals surface area contributed by atoms with Gasteiger partial charge in [-0.3, -0.25) is 4.79 Å². The third kappa shape index (κ3) is 3.77. The van der Waals surface area contributed by atoms with Crippen LogP contribution >= 0.6 is 12.4 Å². The van der Waals surface area contributed by atoms with Gasteiger partial charge >= 0.3 is 0 Å². The lowest BCUT2D eigenvalue weighted by molar-refractivity contribution is 0.0718. The molecule has 0 N–H and O–H groups in total. The van der Waals surface area contributed by atoms with E-state index in [4.69, 9.17) is 4.98 Å². The van der Waals surface area contributed by atoms with Crippen molar-refractivity contribution in [2.75, 3.05) is 24.5 Å². The van der Waals surface area contributed by atoms with E-state index in [-0.39, 0.29) is 18.3 Å². The minimum atomic E-state index is 0. The normalized spacial score (nSPS) is 16.1. The first kappa shape index (κ1) is 22.7. The Morgan fingerprint density at radius 1 is 1.03 bits per heavy atom. The van der Waals surface area contributed by atoms with Crippen molar-refractivity contribution in [2.45, 2.75) is 59.5 Å². The molecule has 0 spiro atoms. The molecule has 1 saturated heterocycles. The van der Waals surface area contributed by atoms with E-state index in [1.165, 1.54) is 39.7 Å². The van der Waals surface area contributed by atoms with Gasteiger partial charge in [0.1, 0.15) is 5.69 Å². The largest absolute Gasteiger partial charge is 0.350 e. The first-order chi connectivity index (χ1) is 15.1. The molecule has 6 heteroatoms. The zero-order valence-electron chi connectivity index (χ0n) is 19.4. The maximum atomic E-state index is 13.4. The zero-order chi connectivity index (χ0) is 21.5. The Labute approximate surface area is 196 Å². The van der Waals surface area contributed by atoms with Gasteiger partial charge in [-0.05, 0) is 69.2 Å². The van der Waals surface area contributed by atoms with Gasteiger partial charge in [-0.15, -0.1) is 12.4 Å². The van der Waals surface area contributed by atoms with Crippen molar-refractivity contribution in [3.05, 3.63) is 58.4 Å². The van der Waals surface area contributed by atoms with Crippen molar-refractivity contribution < 1.29 is 4.79 Å². The van der Waals surface area contributed by atoms with E-state index in [1.807, 2.05) is 11.0 Å². The third-order valence-corrected chi connectivity index (χ3v) is 7.20. The number of fused-ring (bicyclic) bond motifs is 2. The molecule has 32 heavy (non-hydrogen) atoms. The van der Waals surface area contributed by atoms with E-state index in [1.54, 1.807) is 0 Å². The van der Waals surface area contributed by atoms with Crippen molar-refractivity contribution >= 4 is 35.0 Å². The lowest BCUT2D eigenvalue weighted by Crippen LogP contribution is -2.37. The summed E-state index contributed by atoms with van der Waals surface area (Å²) in [4.78, 5) is 22.8. The Balaban J connectivity index is 0.00000245. The van der Waals surface area contributed by atoms with E-state index in [9.17, 15) is 4.79 Å². The molecule has 0 saturated carbocycles. The molecular formula is C26H33ClN4O. The average Bonchev–Trinajstić information content (AvgIpc) is 3.07. The summed E-state index contributed by atoms with van der Waals surface area (Å²) in [7, 11) is 0. The van der Waals surface area contributed by atoms with Crippen LogP contribution < -0.4 is 4.90 Å². The van der Waals surface area contributed by atoms with Gasteiger partial charge < -0.3 is 14.4 Å². The average molecular weight is 453 g/mol. The second-order valence-electron chi connectivity index (χ2n) is 8.98. The Morgan fingerprint density at radius 2 is 1.75 bits per heavy atom. The highest BCUT2D eigenvalue weighted by molar-refractivity contribution is 6.01. The molecule has 0 unspecified atom stereocenters. The van der Waals surface area contributed by atoms with Gasteiger partial charge in [-0.2, -0.15) is 0 Å². The number of hydrogen-bond acceptors (Lipinski definition) is 3. The van der Waals surface area contributed by atoms with Gasteiger partial charge in [-0.1, -0.05) is 24.3 Å². The number of pyridine rings is 1. The summed E-state index contributed by atoms with van der Waals surface area (Å²) in [6.07, 6.45) is 4.41. The van der Waals surface area contributed by atoms with E-state index in [0.717, 1.165) is 57.8 Å². The number of benzene rings is 1. The van der Waals surface area contributed by atoms with Gasteiger partial charge in [0.15, 0.2) is 5.82 Å². The SMILES string of the molecule is CCn1c(C)c(C)c2cc(C(=O)N3CCCCC3)nc(N3CCc4ccccc4C3)c21.Cl. The highest BCUT2D eigenvalue weighted by atomic mass is 35.5. The van der Waals surface area contributed by atoms with Crippen molar-refractivity contribution in [3.8, 4) is 0 Å². The van der Waals surface area contributed by atoms with Crippen LogP contribution in [0.5, 0.6) is 0 Å². The lowest BCUT2D eigenvalue weighted by Gasteiger charge is -2.31. The molecule has 1 amide bonds. The highest BCUT2D eigenvalue weighted by Gasteiger charge is 2.27. The molecule has 2 aliphatic heterocycles. The number of nitrogens with zero attached hydrogens (tertiary/aromatic N) is 4. The second kappa shape index (κ2) is 9.14. The zero-order valence-corrected chi connectivity index (χ0v) is 20.2. The predicted molar refractivity (Wildman–Crippen MR) is 133 cm³/mol. The molecule has 5 rings (SSSR count). The summed E-state index contributed by atoms with van der Waals surface area (Å²) in [5, 5.41) is 1.17. The summed E-state index contributed by atoms with van der Waals surface area (Å²) >= 11 is 0. The maximum absolute atomic E-state index is 13.4. The quantitative estimate of drug-likeness (QED) is 0.542. The fraction of sp³-hybridized carbons (Fsp3) is 0.462. The third-order valence-electron chi connectivity index (χ3n) is 7.20. The van der Waals surface area contributed by atoms with Crippen LogP contribution in [-0.4, -0.2) is 40.0 Å². The van der Waals surface area contributed by atoms with Gasteiger partial charge in [0.2, 0.25) is 0 Å². The number of aromatic nitrogens is 2. The fourth-order valence-corrected chi connectivity index (χ4v) is 5.30. The van der Waals surface area contributed by atoms with E-state index < -0.39 is 0 Å². The van der Waals surface area contributed by atoms with Crippen LogP contribution in [-0.2, 0) is 19.5 Å². The Bertz CT molecular complexity index is 1150. The first-order valence-electron chi connectivity index (χ1n) is 11.7. The summed E-state index contributed by atoms with van der Waals surface area (Å²) in [6, 6.07) is 10.7. The monoisotopic (exact) mass is 452 g/mol. The molecule has 2 aliphatic rings. The standard InChI is InChI=1S/C26H32N4O.ClH/c1-4-30-19(3)18(2)22-16-23(26(31)28-13-8-5-9-14-28)27-25(24(22)30)29-15-12-20-10-6-7-11-21(20)17-29;/h6-7,10-11,16H,4-5,8-9,12-15,17H2,1-3H3;1H. The number of amides is 1. The van der Waals surface area contributed by atoms with Crippen molar-refractivity contribution in [1.82, 2.24) is 14.5 Å². The number of aryl methyl sites for hydroxylation is 2. The molecule has 5 nitrogen and oxygen atoms in total. The number of carbonyl (C=O) groups is 1. The first-order valence-corrected chi connectivity index (χ1v) is 11.7. The Hall–Kier alpha value is -2.53. The minimum absolute atomic E-state index is 0. The van der Waals surface area contributed by atoms with E-state index in [2.05, 4.69) is 54.5 Å². The van der Waals surface area contributed by atoms with Crippen LogP contribution in [0, 0.1) is 13.8 Å². The van der Waals surface area contributed by atoms with Crippen molar-refractivity contribution in [2.24, 2.45) is 0 Å². The Morgan fingerprint density at radius 3 is 2.47 bits per heavy atom.